The van der Waals surface area contributed by atoms with Crippen molar-refractivity contribution in [3.8, 4) is 6.07 Å². The van der Waals surface area contributed by atoms with Gasteiger partial charge in [0.2, 0.25) is 0 Å². The molecule has 2 aliphatic rings. The third kappa shape index (κ3) is 3.81. The van der Waals surface area contributed by atoms with E-state index in [1.807, 2.05) is 33.1 Å². The maximum absolute atomic E-state index is 12.5. The second-order valence-electron chi connectivity index (χ2n) is 7.58. The van der Waals surface area contributed by atoms with Crippen LogP contribution >= 0.6 is 11.3 Å². The number of hydrogen-bond donors (Lipinski definition) is 0. The molecule has 0 N–H and O–H groups in total. The lowest BCUT2D eigenvalue weighted by Gasteiger charge is -2.47. The van der Waals surface area contributed by atoms with Gasteiger partial charge in [-0.15, -0.1) is 11.3 Å². The van der Waals surface area contributed by atoms with Gasteiger partial charge in [-0.1, -0.05) is 0 Å². The van der Waals surface area contributed by atoms with Gasteiger partial charge in [-0.05, 0) is 44.2 Å². The van der Waals surface area contributed by atoms with E-state index in [0.717, 1.165) is 29.1 Å². The van der Waals surface area contributed by atoms with Crippen molar-refractivity contribution >= 4 is 17.4 Å². The van der Waals surface area contributed by atoms with Crippen molar-refractivity contribution in [2.45, 2.75) is 45.4 Å². The molecule has 25 heavy (non-hydrogen) atoms. The fourth-order valence-electron chi connectivity index (χ4n) is 3.43. The highest BCUT2D eigenvalue weighted by molar-refractivity contribution is 7.10. The van der Waals surface area contributed by atoms with Gasteiger partial charge >= 0.3 is 6.09 Å². The van der Waals surface area contributed by atoms with E-state index in [-0.39, 0.29) is 18.2 Å². The Morgan fingerprint density at radius 3 is 2.80 bits per heavy atom. The number of ether oxygens (including phenoxy) is 2. The average Bonchev–Trinajstić information content (AvgIpc) is 2.92. The van der Waals surface area contributed by atoms with Gasteiger partial charge in [0.15, 0.2) is 0 Å². The van der Waals surface area contributed by atoms with Gasteiger partial charge in [0.05, 0.1) is 12.6 Å². The maximum Gasteiger partial charge on any atom is 0.410 e. The molecule has 2 unspecified atom stereocenters. The van der Waals surface area contributed by atoms with E-state index in [9.17, 15) is 10.1 Å². The van der Waals surface area contributed by atoms with Crippen LogP contribution in [0.5, 0.6) is 0 Å². The van der Waals surface area contributed by atoms with Crippen molar-refractivity contribution in [3.05, 3.63) is 21.4 Å². The average molecular weight is 363 g/mol. The Labute approximate surface area is 152 Å². The van der Waals surface area contributed by atoms with Gasteiger partial charge in [0, 0.05) is 26.2 Å². The van der Waals surface area contributed by atoms with Crippen molar-refractivity contribution in [3.63, 3.8) is 0 Å². The van der Waals surface area contributed by atoms with Crippen LogP contribution < -0.4 is 0 Å². The summed E-state index contributed by atoms with van der Waals surface area (Å²) in [4.78, 5) is 17.3. The number of nitrogens with zero attached hydrogens (tertiary/aromatic N) is 3. The van der Waals surface area contributed by atoms with Crippen LogP contribution in [0.4, 0.5) is 4.79 Å². The minimum absolute atomic E-state index is 0.0925. The first-order valence-corrected chi connectivity index (χ1v) is 9.50. The number of rotatable bonds is 1. The second-order valence-corrected chi connectivity index (χ2v) is 8.46. The molecule has 0 saturated carbocycles. The number of carbonyl (C=O) groups excluding carboxylic acids is 1. The molecule has 0 spiro atoms. The quantitative estimate of drug-likeness (QED) is 0.767. The number of fused-ring (bicyclic) bond motifs is 1. The van der Waals surface area contributed by atoms with Crippen molar-refractivity contribution in [2.75, 3.05) is 32.8 Å². The molecule has 3 heterocycles. The summed E-state index contributed by atoms with van der Waals surface area (Å²) in [6.45, 7) is 11.2. The van der Waals surface area contributed by atoms with E-state index in [1.54, 1.807) is 4.90 Å². The molecule has 1 amide bonds. The Bertz CT molecular complexity index is 689. The zero-order valence-corrected chi connectivity index (χ0v) is 16.1. The molecule has 2 atom stereocenters. The number of morpholine rings is 1. The number of amides is 1. The Hall–Kier alpha value is -1.62. The van der Waals surface area contributed by atoms with Crippen molar-refractivity contribution in [1.29, 1.82) is 5.26 Å². The lowest BCUT2D eigenvalue weighted by molar-refractivity contribution is -0.0998. The summed E-state index contributed by atoms with van der Waals surface area (Å²) in [7, 11) is 0. The van der Waals surface area contributed by atoms with E-state index in [2.05, 4.69) is 11.0 Å². The Kier molecular flexibility index (Phi) is 5.05. The molecule has 1 aromatic heterocycles. The molecule has 136 valence electrons. The molecular weight excluding hydrogens is 338 g/mol. The van der Waals surface area contributed by atoms with E-state index in [0.29, 0.717) is 19.7 Å². The number of carbonyl (C=O) groups is 1. The molecule has 0 aliphatic carbocycles. The number of nitriles is 1. The zero-order valence-electron chi connectivity index (χ0n) is 15.2. The van der Waals surface area contributed by atoms with Crippen LogP contribution in [0.2, 0.25) is 0 Å². The summed E-state index contributed by atoms with van der Waals surface area (Å²) < 4.78 is 11.6. The minimum atomic E-state index is -0.498. The predicted octanol–water partition coefficient (Wildman–Crippen LogP) is 2.92. The highest BCUT2D eigenvalue weighted by atomic mass is 32.1. The van der Waals surface area contributed by atoms with Crippen LogP contribution in [0.25, 0.3) is 0 Å². The van der Waals surface area contributed by atoms with Crippen molar-refractivity contribution in [1.82, 2.24) is 9.80 Å². The lowest BCUT2D eigenvalue weighted by Crippen LogP contribution is -2.60. The van der Waals surface area contributed by atoms with Crippen LogP contribution in [0.1, 0.15) is 42.9 Å². The van der Waals surface area contributed by atoms with Gasteiger partial charge in [0.25, 0.3) is 0 Å². The molecule has 6 nitrogen and oxygen atoms in total. The SMILES string of the molecule is Cc1c(C2OCCN3CCN(C(=O)OC(C)(C)C)CC23)csc1C#N. The first-order valence-electron chi connectivity index (χ1n) is 8.62. The van der Waals surface area contributed by atoms with Crippen molar-refractivity contribution in [2.24, 2.45) is 0 Å². The van der Waals surface area contributed by atoms with E-state index in [4.69, 9.17) is 9.47 Å². The third-order valence-corrected chi connectivity index (χ3v) is 5.70. The first kappa shape index (κ1) is 18.2. The molecular formula is C18H25N3O3S. The minimum Gasteiger partial charge on any atom is -0.444 e. The molecule has 2 fully saturated rings. The number of hydrogen-bond acceptors (Lipinski definition) is 6. The summed E-state index contributed by atoms with van der Waals surface area (Å²) in [6.07, 6.45) is -0.381. The van der Waals surface area contributed by atoms with E-state index < -0.39 is 5.60 Å². The summed E-state index contributed by atoms with van der Waals surface area (Å²) in [5, 5.41) is 11.2. The van der Waals surface area contributed by atoms with Crippen LogP contribution in [-0.4, -0.2) is 60.3 Å². The topological polar surface area (TPSA) is 65.8 Å². The first-order chi connectivity index (χ1) is 11.8. The van der Waals surface area contributed by atoms with E-state index in [1.165, 1.54) is 11.3 Å². The summed E-state index contributed by atoms with van der Waals surface area (Å²) in [5.41, 5.74) is 1.57. The fourth-order valence-corrected chi connectivity index (χ4v) is 4.33. The molecule has 0 radical (unpaired) electrons. The summed E-state index contributed by atoms with van der Waals surface area (Å²) in [6, 6.07) is 2.34. The van der Waals surface area contributed by atoms with Gasteiger partial charge in [-0.3, -0.25) is 4.90 Å². The lowest BCUT2D eigenvalue weighted by atomic mass is 9.96. The second kappa shape index (κ2) is 6.94. The molecule has 1 aromatic rings. The van der Waals surface area contributed by atoms with Gasteiger partial charge in [-0.2, -0.15) is 5.26 Å². The largest absolute Gasteiger partial charge is 0.444 e. The normalized spacial score (nSPS) is 24.5. The standard InChI is InChI=1S/C18H25N3O3S/c1-12-13(11-25-15(12)9-19)16-14-10-21(17(22)24-18(2,3)4)6-5-20(14)7-8-23-16/h11,14,16H,5-8,10H2,1-4H3. The van der Waals surface area contributed by atoms with Crippen LogP contribution in [0.3, 0.4) is 0 Å². The highest BCUT2D eigenvalue weighted by Crippen LogP contribution is 2.36. The van der Waals surface area contributed by atoms with Crippen LogP contribution in [-0.2, 0) is 9.47 Å². The summed E-state index contributed by atoms with van der Waals surface area (Å²) in [5.74, 6) is 0. The highest BCUT2D eigenvalue weighted by Gasteiger charge is 2.40. The molecule has 2 aliphatic heterocycles. The zero-order chi connectivity index (χ0) is 18.2. The maximum atomic E-state index is 12.5. The predicted molar refractivity (Wildman–Crippen MR) is 95.6 cm³/mol. The molecule has 0 aromatic carbocycles. The molecule has 0 bridgehead atoms. The Balaban J connectivity index is 1.79. The van der Waals surface area contributed by atoms with Gasteiger partial charge in [0.1, 0.15) is 22.7 Å². The smallest absolute Gasteiger partial charge is 0.410 e. The van der Waals surface area contributed by atoms with Crippen molar-refractivity contribution < 1.29 is 14.3 Å². The van der Waals surface area contributed by atoms with Gasteiger partial charge in [-0.25, -0.2) is 4.79 Å². The Morgan fingerprint density at radius 1 is 1.40 bits per heavy atom. The third-order valence-electron chi connectivity index (χ3n) is 4.70. The molecule has 2 saturated heterocycles. The van der Waals surface area contributed by atoms with Crippen LogP contribution in [0, 0.1) is 18.3 Å². The Morgan fingerprint density at radius 2 is 2.16 bits per heavy atom. The summed E-state index contributed by atoms with van der Waals surface area (Å²) >= 11 is 1.46. The molecule has 7 heteroatoms. The number of thiophene rings is 1. The fraction of sp³-hybridized carbons (Fsp3) is 0.667. The van der Waals surface area contributed by atoms with Gasteiger partial charge < -0.3 is 14.4 Å². The monoisotopic (exact) mass is 363 g/mol. The van der Waals surface area contributed by atoms with Crippen LogP contribution in [0.15, 0.2) is 5.38 Å². The van der Waals surface area contributed by atoms with E-state index >= 15 is 0 Å². The molecule has 3 rings (SSSR count). The number of piperazine rings is 1.